The lowest BCUT2D eigenvalue weighted by atomic mass is 10.1. The number of aliphatic hydroxyl groups is 2. The van der Waals surface area contributed by atoms with Gasteiger partial charge < -0.3 is 30.2 Å². The number of aliphatic hydroxyl groups excluding tert-OH is 2. The topological polar surface area (TPSA) is 195 Å². The van der Waals surface area contributed by atoms with Crippen LogP contribution in [0.4, 0.5) is 10.6 Å². The van der Waals surface area contributed by atoms with Gasteiger partial charge in [-0.3, -0.25) is 4.57 Å². The lowest BCUT2D eigenvalue weighted by Gasteiger charge is -2.25. The molecule has 4 N–H and O–H groups in total. The molecular weight excluding hydrogens is 424 g/mol. The Morgan fingerprint density at radius 3 is 2.66 bits per heavy atom. The second-order valence-corrected chi connectivity index (χ2v) is 7.53. The van der Waals surface area contributed by atoms with E-state index in [1.165, 1.54) is 31.5 Å². The first kappa shape index (κ1) is 25.4. The smallest absolute Gasteiger partial charge is 0.434 e. The zero-order valence-electron chi connectivity index (χ0n) is 18.0. The zero-order chi connectivity index (χ0) is 23.6. The summed E-state index contributed by atoms with van der Waals surface area (Å²) >= 11 is 0. The van der Waals surface area contributed by atoms with Gasteiger partial charge in [0.25, 0.3) is 0 Å². The van der Waals surface area contributed by atoms with Crippen molar-refractivity contribution < 1.29 is 29.2 Å². The Labute approximate surface area is 184 Å². The van der Waals surface area contributed by atoms with Crippen molar-refractivity contribution in [3.63, 3.8) is 0 Å². The Morgan fingerprint density at radius 1 is 1.31 bits per heavy atom. The molecule has 1 saturated heterocycles. The quantitative estimate of drug-likeness (QED) is 0.139. The molecule has 0 bridgehead atoms. The number of nitrogens with zero attached hydrogens (tertiary/aromatic N) is 5. The van der Waals surface area contributed by atoms with E-state index in [2.05, 4.69) is 21.9 Å². The van der Waals surface area contributed by atoms with E-state index in [1.54, 1.807) is 0 Å². The van der Waals surface area contributed by atoms with Gasteiger partial charge in [0, 0.05) is 11.1 Å². The van der Waals surface area contributed by atoms with Crippen LogP contribution in [0.5, 0.6) is 0 Å². The van der Waals surface area contributed by atoms with Crippen LogP contribution in [0.3, 0.4) is 0 Å². The monoisotopic (exact) mass is 454 g/mol. The minimum Gasteiger partial charge on any atom is -0.434 e. The molecule has 4 atom stereocenters. The molecule has 2 heterocycles. The molecule has 1 aliphatic rings. The molecule has 1 aromatic rings. The van der Waals surface area contributed by atoms with E-state index in [0.29, 0.717) is 6.42 Å². The number of ether oxygens (including phenoxy) is 3. The van der Waals surface area contributed by atoms with E-state index in [9.17, 15) is 19.8 Å². The standard InChI is InChI=1S/C19H30N6O7/c1-2-3-4-5-6-7-8-11-30-18(29)31-12-19(23-24-21)15(27)14(26)16(32-19)25-10-9-13(20)22-17(25)28/h9-10,14-16,26-27H,2-8,11-12H2,1H3,(H2,20,22,28)/t14-,15+,16+,19-/m1/s1. The van der Waals surface area contributed by atoms with Crippen LogP contribution in [0.2, 0.25) is 0 Å². The van der Waals surface area contributed by atoms with Gasteiger partial charge in [-0.1, -0.05) is 50.6 Å². The Hall–Kier alpha value is -2.86. The molecule has 1 aliphatic heterocycles. The highest BCUT2D eigenvalue weighted by molar-refractivity contribution is 5.59. The molecule has 0 unspecified atom stereocenters. The summed E-state index contributed by atoms with van der Waals surface area (Å²) < 4.78 is 16.3. The number of anilines is 1. The Morgan fingerprint density at radius 2 is 2.00 bits per heavy atom. The van der Waals surface area contributed by atoms with E-state index in [0.717, 1.165) is 23.8 Å². The number of hydrogen-bond donors (Lipinski definition) is 3. The predicted molar refractivity (Wildman–Crippen MR) is 112 cm³/mol. The van der Waals surface area contributed by atoms with Crippen molar-refractivity contribution in [2.75, 3.05) is 18.9 Å². The van der Waals surface area contributed by atoms with Crippen LogP contribution in [0.1, 0.15) is 58.1 Å². The number of aromatic nitrogens is 2. The number of carbonyl (C=O) groups is 1. The summed E-state index contributed by atoms with van der Waals surface area (Å²) in [6.07, 6.45) is 2.58. The molecule has 32 heavy (non-hydrogen) atoms. The Kier molecular flexibility index (Phi) is 9.72. The minimum atomic E-state index is -2.17. The molecule has 2 rings (SSSR count). The average Bonchev–Trinajstić information content (AvgIpc) is 3.00. The average molecular weight is 454 g/mol. The number of rotatable bonds is 12. The lowest BCUT2D eigenvalue weighted by Crippen LogP contribution is -2.45. The highest BCUT2D eigenvalue weighted by atomic mass is 16.7. The molecule has 0 amide bonds. The van der Waals surface area contributed by atoms with Gasteiger partial charge in [-0.25, -0.2) is 9.59 Å². The van der Waals surface area contributed by atoms with Crippen LogP contribution in [0.25, 0.3) is 10.4 Å². The fourth-order valence-electron chi connectivity index (χ4n) is 3.34. The van der Waals surface area contributed by atoms with E-state index < -0.39 is 42.6 Å². The summed E-state index contributed by atoms with van der Waals surface area (Å²) in [4.78, 5) is 30.1. The first-order valence-corrected chi connectivity index (χ1v) is 10.6. The van der Waals surface area contributed by atoms with Gasteiger partial charge >= 0.3 is 11.8 Å². The fourth-order valence-corrected chi connectivity index (χ4v) is 3.34. The van der Waals surface area contributed by atoms with Crippen molar-refractivity contribution >= 4 is 12.0 Å². The number of nitrogen functional groups attached to an aromatic ring is 1. The molecule has 0 spiro atoms. The van der Waals surface area contributed by atoms with E-state index >= 15 is 0 Å². The summed E-state index contributed by atoms with van der Waals surface area (Å²) in [5, 5.41) is 24.2. The van der Waals surface area contributed by atoms with Crippen LogP contribution in [-0.4, -0.2) is 57.1 Å². The molecule has 13 heteroatoms. The van der Waals surface area contributed by atoms with Gasteiger partial charge in [-0.15, -0.1) is 0 Å². The van der Waals surface area contributed by atoms with E-state index in [-0.39, 0.29) is 12.4 Å². The number of carbonyl (C=O) groups excluding carboxylic acids is 1. The summed E-state index contributed by atoms with van der Waals surface area (Å²) in [6.45, 7) is 1.57. The van der Waals surface area contributed by atoms with Crippen LogP contribution >= 0.6 is 0 Å². The molecule has 0 saturated carbocycles. The largest absolute Gasteiger partial charge is 0.508 e. The maximum atomic E-state index is 12.0. The van der Waals surface area contributed by atoms with Crippen LogP contribution in [-0.2, 0) is 14.2 Å². The predicted octanol–water partition coefficient (Wildman–Crippen LogP) is 1.99. The second kappa shape index (κ2) is 12.2. The summed E-state index contributed by atoms with van der Waals surface area (Å²) in [5.74, 6) is -0.0485. The number of unbranched alkanes of at least 4 members (excludes halogenated alkanes) is 6. The maximum Gasteiger partial charge on any atom is 0.508 e. The minimum absolute atomic E-state index is 0.0485. The highest BCUT2D eigenvalue weighted by Gasteiger charge is 2.56. The van der Waals surface area contributed by atoms with Crippen molar-refractivity contribution in [3.8, 4) is 0 Å². The third-order valence-electron chi connectivity index (χ3n) is 5.11. The molecule has 0 aromatic carbocycles. The number of hydrogen-bond acceptors (Lipinski definition) is 10. The van der Waals surface area contributed by atoms with E-state index in [1.807, 2.05) is 0 Å². The first-order chi connectivity index (χ1) is 15.3. The summed E-state index contributed by atoms with van der Waals surface area (Å²) in [5.41, 5.74) is 11.3. The van der Waals surface area contributed by atoms with Gasteiger partial charge in [0.2, 0.25) is 5.72 Å². The third kappa shape index (κ3) is 6.57. The molecule has 178 valence electrons. The van der Waals surface area contributed by atoms with Gasteiger partial charge in [0.1, 0.15) is 24.6 Å². The maximum absolute atomic E-state index is 12.0. The molecule has 1 fully saturated rings. The molecule has 0 radical (unpaired) electrons. The fraction of sp³-hybridized carbons (Fsp3) is 0.737. The van der Waals surface area contributed by atoms with Crippen molar-refractivity contribution in [3.05, 3.63) is 33.2 Å². The van der Waals surface area contributed by atoms with Gasteiger partial charge in [0.05, 0.1) is 6.61 Å². The van der Waals surface area contributed by atoms with Crippen molar-refractivity contribution in [1.29, 1.82) is 0 Å². The van der Waals surface area contributed by atoms with Crippen LogP contribution < -0.4 is 11.4 Å². The van der Waals surface area contributed by atoms with Crippen LogP contribution in [0, 0.1) is 0 Å². The zero-order valence-corrected chi connectivity index (χ0v) is 18.0. The van der Waals surface area contributed by atoms with E-state index in [4.69, 9.17) is 25.5 Å². The Balaban J connectivity index is 1.91. The summed E-state index contributed by atoms with van der Waals surface area (Å²) in [6, 6.07) is 1.29. The number of azide groups is 1. The lowest BCUT2D eigenvalue weighted by molar-refractivity contribution is -0.131. The van der Waals surface area contributed by atoms with Gasteiger partial charge in [0.15, 0.2) is 6.23 Å². The number of nitrogens with two attached hydrogens (primary N) is 1. The van der Waals surface area contributed by atoms with Crippen molar-refractivity contribution in [2.45, 2.75) is 76.0 Å². The summed E-state index contributed by atoms with van der Waals surface area (Å²) in [7, 11) is 0. The van der Waals surface area contributed by atoms with Crippen molar-refractivity contribution in [1.82, 2.24) is 9.55 Å². The SMILES string of the molecule is CCCCCCCCCOC(=O)OC[C@@]1(N=[N+]=[N-])O[C@H](n2ccc(N)nc2=O)[C@H](O)[C@@H]1O. The highest BCUT2D eigenvalue weighted by Crippen LogP contribution is 2.38. The third-order valence-corrected chi connectivity index (χ3v) is 5.11. The molecular formula is C19H30N6O7. The van der Waals surface area contributed by atoms with Gasteiger partial charge in [-0.05, 0) is 18.0 Å². The van der Waals surface area contributed by atoms with Gasteiger partial charge in [-0.2, -0.15) is 4.98 Å². The second-order valence-electron chi connectivity index (χ2n) is 7.53. The molecule has 13 nitrogen and oxygen atoms in total. The molecule has 0 aliphatic carbocycles. The van der Waals surface area contributed by atoms with Crippen LogP contribution in [0.15, 0.2) is 22.2 Å². The Bertz CT molecular complexity index is 859. The first-order valence-electron chi connectivity index (χ1n) is 10.6. The van der Waals surface area contributed by atoms with Crippen molar-refractivity contribution in [2.24, 2.45) is 5.11 Å². The molecule has 1 aromatic heterocycles. The normalized spacial score (nSPS) is 24.7.